The lowest BCUT2D eigenvalue weighted by Crippen LogP contribution is -2.43. The van der Waals surface area contributed by atoms with E-state index in [4.69, 9.17) is 9.84 Å². The highest BCUT2D eigenvalue weighted by atomic mass is 19.1. The summed E-state index contributed by atoms with van der Waals surface area (Å²) in [6, 6.07) is 2.99. The molecule has 0 saturated carbocycles. The first-order chi connectivity index (χ1) is 8.96. The van der Waals surface area contributed by atoms with Crippen molar-refractivity contribution >= 4 is 11.9 Å². The van der Waals surface area contributed by atoms with Gasteiger partial charge in [0.25, 0.3) is 5.91 Å². The Kier molecular flexibility index (Phi) is 5.25. The molecule has 1 aromatic carbocycles. The molecule has 0 radical (unpaired) electrons. The van der Waals surface area contributed by atoms with Crippen molar-refractivity contribution < 1.29 is 23.8 Å². The monoisotopic (exact) mass is 270 g/mol. The maximum atomic E-state index is 13.2. The molecule has 0 bridgehead atoms. The van der Waals surface area contributed by atoms with Crippen LogP contribution in [0.3, 0.4) is 0 Å². The lowest BCUT2D eigenvalue weighted by atomic mass is 10.2. The minimum absolute atomic E-state index is 0.101. The van der Waals surface area contributed by atoms with E-state index in [1.54, 1.807) is 0 Å². The number of rotatable bonds is 4. The molecule has 0 aromatic heterocycles. The summed E-state index contributed by atoms with van der Waals surface area (Å²) in [7, 11) is 1.37. The average Bonchev–Trinajstić information content (AvgIpc) is 2.37. The van der Waals surface area contributed by atoms with E-state index in [2.05, 4.69) is 5.32 Å². The standard InChI is InChI=1S/C12H15FN2O4/c1-7(11(17)15-12(18)14-2)19-10-4-8(6-16)3-9(13)5-10/h3-5,7,16H,6H2,1-2H3,(H2,14,15,17,18). The number of carbonyl (C=O) groups excluding carboxylic acids is 2. The molecule has 1 aromatic rings. The second-order valence-corrected chi connectivity index (χ2v) is 3.78. The Hall–Kier alpha value is -2.15. The molecule has 0 aliphatic rings. The maximum Gasteiger partial charge on any atom is 0.321 e. The summed E-state index contributed by atoms with van der Waals surface area (Å²) in [5.41, 5.74) is 0.328. The molecular weight excluding hydrogens is 255 g/mol. The lowest BCUT2D eigenvalue weighted by molar-refractivity contribution is -0.126. The second kappa shape index (κ2) is 6.69. The molecule has 0 saturated heterocycles. The summed E-state index contributed by atoms with van der Waals surface area (Å²) in [6.07, 6.45) is -0.981. The number of carbonyl (C=O) groups is 2. The van der Waals surface area contributed by atoms with Crippen LogP contribution < -0.4 is 15.4 Å². The first-order valence-corrected chi connectivity index (χ1v) is 5.55. The van der Waals surface area contributed by atoms with E-state index in [9.17, 15) is 14.0 Å². The average molecular weight is 270 g/mol. The topological polar surface area (TPSA) is 87.7 Å². The third-order valence-corrected chi connectivity index (χ3v) is 2.26. The number of hydrogen-bond donors (Lipinski definition) is 3. The number of amides is 3. The number of aliphatic hydroxyl groups excluding tert-OH is 1. The summed E-state index contributed by atoms with van der Waals surface area (Å²) >= 11 is 0. The van der Waals surface area contributed by atoms with Gasteiger partial charge in [-0.25, -0.2) is 9.18 Å². The van der Waals surface area contributed by atoms with E-state index < -0.39 is 23.9 Å². The van der Waals surface area contributed by atoms with Crippen LogP contribution in [0.4, 0.5) is 9.18 Å². The van der Waals surface area contributed by atoms with Gasteiger partial charge in [0.05, 0.1) is 6.61 Å². The Bertz CT molecular complexity index is 479. The number of halogens is 1. The van der Waals surface area contributed by atoms with Crippen LogP contribution in [-0.2, 0) is 11.4 Å². The van der Waals surface area contributed by atoms with Gasteiger partial charge in [-0.1, -0.05) is 0 Å². The molecule has 104 valence electrons. The van der Waals surface area contributed by atoms with Crippen molar-refractivity contribution in [3.05, 3.63) is 29.6 Å². The van der Waals surface area contributed by atoms with E-state index in [1.165, 1.54) is 20.0 Å². The fourth-order valence-electron chi connectivity index (χ4n) is 1.31. The Balaban J connectivity index is 2.70. The SMILES string of the molecule is CNC(=O)NC(=O)C(C)Oc1cc(F)cc(CO)c1. The van der Waals surface area contributed by atoms with E-state index in [0.717, 1.165) is 12.1 Å². The zero-order valence-corrected chi connectivity index (χ0v) is 10.6. The van der Waals surface area contributed by atoms with Crippen molar-refractivity contribution in [3.63, 3.8) is 0 Å². The number of nitrogens with one attached hydrogen (secondary N) is 2. The Morgan fingerprint density at radius 2 is 2.11 bits per heavy atom. The van der Waals surface area contributed by atoms with Crippen LogP contribution in [0.25, 0.3) is 0 Å². The third kappa shape index (κ3) is 4.55. The Morgan fingerprint density at radius 1 is 1.42 bits per heavy atom. The van der Waals surface area contributed by atoms with Gasteiger partial charge >= 0.3 is 6.03 Å². The molecule has 3 amide bonds. The molecule has 0 aliphatic carbocycles. The van der Waals surface area contributed by atoms with Crippen LogP contribution >= 0.6 is 0 Å². The van der Waals surface area contributed by atoms with E-state index in [-0.39, 0.29) is 12.4 Å². The third-order valence-electron chi connectivity index (χ3n) is 2.26. The van der Waals surface area contributed by atoms with Crippen LogP contribution in [0.15, 0.2) is 18.2 Å². The summed E-state index contributed by atoms with van der Waals surface area (Å²) in [6.45, 7) is 1.08. The van der Waals surface area contributed by atoms with Gasteiger partial charge in [-0.05, 0) is 24.6 Å². The second-order valence-electron chi connectivity index (χ2n) is 3.78. The highest BCUT2D eigenvalue weighted by molar-refractivity contribution is 5.96. The highest BCUT2D eigenvalue weighted by Crippen LogP contribution is 2.17. The van der Waals surface area contributed by atoms with Crippen LogP contribution in [0, 0.1) is 5.82 Å². The molecule has 1 rings (SSSR count). The maximum absolute atomic E-state index is 13.2. The quantitative estimate of drug-likeness (QED) is 0.745. The predicted octanol–water partition coefficient (Wildman–Crippen LogP) is 0.541. The molecule has 0 fully saturated rings. The predicted molar refractivity (Wildman–Crippen MR) is 65.0 cm³/mol. The molecule has 1 atom stereocenters. The highest BCUT2D eigenvalue weighted by Gasteiger charge is 2.17. The lowest BCUT2D eigenvalue weighted by Gasteiger charge is -2.14. The number of benzene rings is 1. The van der Waals surface area contributed by atoms with Gasteiger partial charge in [0.15, 0.2) is 6.10 Å². The van der Waals surface area contributed by atoms with Crippen molar-refractivity contribution in [1.82, 2.24) is 10.6 Å². The van der Waals surface area contributed by atoms with Gasteiger partial charge in [-0.3, -0.25) is 10.1 Å². The summed E-state index contributed by atoms with van der Waals surface area (Å²) in [5.74, 6) is -1.14. The first kappa shape index (κ1) is 14.9. The molecule has 0 heterocycles. The van der Waals surface area contributed by atoms with E-state index in [1.807, 2.05) is 5.32 Å². The number of imide groups is 1. The van der Waals surface area contributed by atoms with Crippen molar-refractivity contribution in [2.24, 2.45) is 0 Å². The molecule has 3 N–H and O–H groups in total. The van der Waals surface area contributed by atoms with Crippen molar-refractivity contribution in [2.75, 3.05) is 7.05 Å². The zero-order valence-electron chi connectivity index (χ0n) is 10.6. The van der Waals surface area contributed by atoms with E-state index in [0.29, 0.717) is 5.56 Å². The minimum atomic E-state index is -0.981. The summed E-state index contributed by atoms with van der Waals surface area (Å²) in [5, 5.41) is 13.2. The van der Waals surface area contributed by atoms with Gasteiger partial charge in [0, 0.05) is 13.1 Å². The molecule has 0 aliphatic heterocycles. The van der Waals surface area contributed by atoms with Crippen LogP contribution in [0.1, 0.15) is 12.5 Å². The van der Waals surface area contributed by atoms with Crippen LogP contribution in [0.5, 0.6) is 5.75 Å². The van der Waals surface area contributed by atoms with Gasteiger partial charge in [0.2, 0.25) is 0 Å². The molecule has 7 heteroatoms. The smallest absolute Gasteiger partial charge is 0.321 e. The van der Waals surface area contributed by atoms with Crippen LogP contribution in [0.2, 0.25) is 0 Å². The fourth-order valence-corrected chi connectivity index (χ4v) is 1.31. The minimum Gasteiger partial charge on any atom is -0.481 e. The Morgan fingerprint density at radius 3 is 2.68 bits per heavy atom. The van der Waals surface area contributed by atoms with Crippen molar-refractivity contribution in [3.8, 4) is 5.75 Å². The number of urea groups is 1. The van der Waals surface area contributed by atoms with Gasteiger partial charge in [-0.2, -0.15) is 0 Å². The molecular formula is C12H15FN2O4. The molecule has 1 unspecified atom stereocenters. The largest absolute Gasteiger partial charge is 0.481 e. The number of ether oxygens (including phenoxy) is 1. The number of hydrogen-bond acceptors (Lipinski definition) is 4. The van der Waals surface area contributed by atoms with Gasteiger partial charge in [-0.15, -0.1) is 0 Å². The normalized spacial score (nSPS) is 11.6. The Labute approximate surface area is 109 Å². The molecule has 0 spiro atoms. The molecule has 19 heavy (non-hydrogen) atoms. The number of aliphatic hydroxyl groups is 1. The molecule has 6 nitrogen and oxygen atoms in total. The van der Waals surface area contributed by atoms with Crippen molar-refractivity contribution in [1.29, 1.82) is 0 Å². The summed E-state index contributed by atoms with van der Waals surface area (Å²) in [4.78, 5) is 22.5. The fraction of sp³-hybridized carbons (Fsp3) is 0.333. The van der Waals surface area contributed by atoms with Gasteiger partial charge in [0.1, 0.15) is 11.6 Å². The summed E-state index contributed by atoms with van der Waals surface area (Å²) < 4.78 is 18.4. The zero-order chi connectivity index (χ0) is 14.4. The van der Waals surface area contributed by atoms with Gasteiger partial charge < -0.3 is 15.2 Å². The van der Waals surface area contributed by atoms with E-state index >= 15 is 0 Å². The van der Waals surface area contributed by atoms with Crippen molar-refractivity contribution in [2.45, 2.75) is 19.6 Å². The van der Waals surface area contributed by atoms with Crippen LogP contribution in [-0.4, -0.2) is 30.2 Å². The first-order valence-electron chi connectivity index (χ1n) is 5.55.